The van der Waals surface area contributed by atoms with Gasteiger partial charge in [0.2, 0.25) is 0 Å². The van der Waals surface area contributed by atoms with E-state index < -0.39 is 11.9 Å². The fourth-order valence-corrected chi connectivity index (χ4v) is 5.92. The number of ether oxygens (including phenoxy) is 2. The monoisotopic (exact) mass is 465 g/mol. The minimum Gasteiger partial charge on any atom is -0.508 e. The molecule has 0 radical (unpaired) electrons. The van der Waals surface area contributed by atoms with E-state index in [1.165, 1.54) is 4.88 Å². The van der Waals surface area contributed by atoms with Gasteiger partial charge in [-0.25, -0.2) is 4.79 Å². The molecule has 172 valence electrons. The lowest BCUT2D eigenvalue weighted by atomic mass is 9.72. The Bertz CT molecular complexity index is 1130. The van der Waals surface area contributed by atoms with Crippen molar-refractivity contribution >= 4 is 23.1 Å². The van der Waals surface area contributed by atoms with Gasteiger partial charge in [-0.1, -0.05) is 18.2 Å². The standard InChI is InChI=1S/C26H27NO5S/c1-15-23(26(30)32-14-19-7-3-9-31-19)24(16-5-2-6-18(28)11-16)25-20(27-15)12-17(13-21(25)29)22-8-4-10-33-22/h2,4-6,8,10-11,17,19,24,27-28H,3,7,9,12-14H2,1H3/t17-,19+,24+/m1/s1. The zero-order valence-electron chi connectivity index (χ0n) is 18.5. The summed E-state index contributed by atoms with van der Waals surface area (Å²) in [7, 11) is 0. The number of carbonyl (C=O) groups excluding carboxylic acids is 2. The molecule has 3 aliphatic rings. The number of allylic oxidation sites excluding steroid dienone is 3. The lowest BCUT2D eigenvalue weighted by Crippen LogP contribution is -2.36. The quantitative estimate of drug-likeness (QED) is 0.631. The van der Waals surface area contributed by atoms with Crippen molar-refractivity contribution < 1.29 is 24.2 Å². The van der Waals surface area contributed by atoms with Gasteiger partial charge < -0.3 is 19.9 Å². The lowest BCUT2D eigenvalue weighted by molar-refractivity contribution is -0.142. The van der Waals surface area contributed by atoms with Crippen LogP contribution < -0.4 is 5.32 Å². The molecule has 1 aromatic heterocycles. The second kappa shape index (κ2) is 9.15. The third-order valence-corrected chi connectivity index (χ3v) is 7.66. The number of phenolic OH excluding ortho intramolecular Hbond substituents is 1. The van der Waals surface area contributed by atoms with Crippen LogP contribution in [0.2, 0.25) is 0 Å². The maximum atomic E-state index is 13.5. The number of hydrogen-bond acceptors (Lipinski definition) is 7. The largest absolute Gasteiger partial charge is 0.508 e. The van der Waals surface area contributed by atoms with E-state index in [1.54, 1.807) is 29.5 Å². The highest BCUT2D eigenvalue weighted by molar-refractivity contribution is 7.10. The molecule has 0 saturated carbocycles. The summed E-state index contributed by atoms with van der Waals surface area (Å²) in [6.45, 7) is 2.73. The zero-order valence-corrected chi connectivity index (χ0v) is 19.3. The number of esters is 1. The van der Waals surface area contributed by atoms with Gasteiger partial charge >= 0.3 is 5.97 Å². The first-order valence-corrected chi connectivity index (χ1v) is 12.2. The SMILES string of the molecule is CC1=C(C(=O)OC[C@@H]2CCCO2)[C@H](c2cccc(O)c2)C2=C(C[C@@H](c3cccs3)CC2=O)N1. The van der Waals surface area contributed by atoms with Gasteiger partial charge in [0.1, 0.15) is 12.4 Å². The Hall–Kier alpha value is -2.90. The van der Waals surface area contributed by atoms with E-state index in [2.05, 4.69) is 11.4 Å². The van der Waals surface area contributed by atoms with E-state index in [-0.39, 0.29) is 30.2 Å². The summed E-state index contributed by atoms with van der Waals surface area (Å²) in [6, 6.07) is 10.9. The van der Waals surface area contributed by atoms with Crippen LogP contribution in [0.15, 0.2) is 64.3 Å². The molecule has 2 N–H and O–H groups in total. The second-order valence-electron chi connectivity index (χ2n) is 8.86. The average Bonchev–Trinajstić information content (AvgIpc) is 3.50. The van der Waals surface area contributed by atoms with Crippen LogP contribution in [0.4, 0.5) is 0 Å². The van der Waals surface area contributed by atoms with Crippen molar-refractivity contribution in [1.29, 1.82) is 0 Å². The highest BCUT2D eigenvalue weighted by Gasteiger charge is 2.41. The summed E-state index contributed by atoms with van der Waals surface area (Å²) in [5.74, 6) is -0.801. The molecular formula is C26H27NO5S. The van der Waals surface area contributed by atoms with Crippen molar-refractivity contribution in [3.05, 3.63) is 74.8 Å². The summed E-state index contributed by atoms with van der Waals surface area (Å²) in [6.07, 6.45) is 2.86. The van der Waals surface area contributed by atoms with Gasteiger partial charge in [-0.15, -0.1) is 11.3 Å². The molecule has 3 heterocycles. The molecule has 6 nitrogen and oxygen atoms in total. The van der Waals surface area contributed by atoms with Gasteiger partial charge in [0.25, 0.3) is 0 Å². The van der Waals surface area contributed by atoms with Gasteiger partial charge in [-0.2, -0.15) is 0 Å². The summed E-state index contributed by atoms with van der Waals surface area (Å²) in [4.78, 5) is 28.0. The van der Waals surface area contributed by atoms with Crippen molar-refractivity contribution in [3.63, 3.8) is 0 Å². The minimum absolute atomic E-state index is 0.0208. The van der Waals surface area contributed by atoms with Crippen LogP contribution in [0, 0.1) is 0 Å². The molecule has 1 aliphatic carbocycles. The molecule has 5 rings (SSSR count). The molecule has 0 unspecified atom stereocenters. The second-order valence-corrected chi connectivity index (χ2v) is 9.84. The summed E-state index contributed by atoms with van der Waals surface area (Å²) < 4.78 is 11.2. The van der Waals surface area contributed by atoms with E-state index in [0.717, 1.165) is 18.5 Å². The Morgan fingerprint density at radius 1 is 1.27 bits per heavy atom. The Labute approximate surface area is 196 Å². The molecule has 2 aromatic rings. The van der Waals surface area contributed by atoms with E-state index >= 15 is 0 Å². The zero-order chi connectivity index (χ0) is 22.9. The normalized spacial score (nSPS) is 25.1. The van der Waals surface area contributed by atoms with Crippen molar-refractivity contribution in [2.24, 2.45) is 0 Å². The van der Waals surface area contributed by atoms with Gasteiger partial charge in [-0.3, -0.25) is 4.79 Å². The number of dihydropyridines is 1. The van der Waals surface area contributed by atoms with Gasteiger partial charge in [-0.05, 0) is 55.3 Å². The number of benzene rings is 1. The Balaban J connectivity index is 1.50. The van der Waals surface area contributed by atoms with Gasteiger partial charge in [0, 0.05) is 46.7 Å². The predicted octanol–water partition coefficient (Wildman–Crippen LogP) is 4.54. The highest BCUT2D eigenvalue weighted by atomic mass is 32.1. The van der Waals surface area contributed by atoms with Crippen LogP contribution in [-0.2, 0) is 19.1 Å². The first kappa shape index (κ1) is 21.9. The van der Waals surface area contributed by atoms with Gasteiger partial charge in [0.15, 0.2) is 5.78 Å². The average molecular weight is 466 g/mol. The Kier molecular flexibility index (Phi) is 6.08. The number of rotatable bonds is 5. The molecule has 33 heavy (non-hydrogen) atoms. The molecule has 2 aliphatic heterocycles. The molecule has 3 atom stereocenters. The van der Waals surface area contributed by atoms with E-state index in [0.29, 0.717) is 41.9 Å². The molecule has 0 bridgehead atoms. The highest BCUT2D eigenvalue weighted by Crippen LogP contribution is 2.46. The van der Waals surface area contributed by atoms with Crippen LogP contribution in [0.3, 0.4) is 0 Å². The first-order valence-electron chi connectivity index (χ1n) is 11.4. The maximum Gasteiger partial charge on any atom is 0.336 e. The topological polar surface area (TPSA) is 84.9 Å². The number of aromatic hydroxyl groups is 1. The van der Waals surface area contributed by atoms with Crippen LogP contribution in [0.5, 0.6) is 5.75 Å². The van der Waals surface area contributed by atoms with Crippen molar-refractivity contribution in [2.75, 3.05) is 13.2 Å². The third-order valence-electron chi connectivity index (χ3n) is 6.62. The summed E-state index contributed by atoms with van der Waals surface area (Å²) in [5, 5.41) is 15.5. The number of ketones is 1. The number of Topliss-reactive ketones (excluding diaryl/α,β-unsaturated/α-hetero) is 1. The van der Waals surface area contributed by atoms with Crippen LogP contribution in [0.1, 0.15) is 54.9 Å². The smallest absolute Gasteiger partial charge is 0.336 e. The maximum absolute atomic E-state index is 13.5. The van der Waals surface area contributed by atoms with Crippen molar-refractivity contribution in [3.8, 4) is 5.75 Å². The molecule has 0 amide bonds. The minimum atomic E-state index is -0.581. The van der Waals surface area contributed by atoms with Crippen molar-refractivity contribution in [1.82, 2.24) is 5.32 Å². The van der Waals surface area contributed by atoms with E-state index in [1.807, 2.05) is 24.4 Å². The van der Waals surface area contributed by atoms with Crippen LogP contribution >= 0.6 is 11.3 Å². The Morgan fingerprint density at radius 2 is 2.15 bits per heavy atom. The molecule has 0 spiro atoms. The number of nitrogens with one attached hydrogen (secondary N) is 1. The van der Waals surface area contributed by atoms with Gasteiger partial charge in [0.05, 0.1) is 11.7 Å². The molecular weight excluding hydrogens is 438 g/mol. The fourth-order valence-electron chi connectivity index (χ4n) is 5.09. The van der Waals surface area contributed by atoms with Crippen molar-refractivity contribution in [2.45, 2.75) is 50.5 Å². The van der Waals surface area contributed by atoms with Crippen LogP contribution in [-0.4, -0.2) is 36.2 Å². The lowest BCUT2D eigenvalue weighted by Gasteiger charge is -2.36. The van der Waals surface area contributed by atoms with E-state index in [4.69, 9.17) is 9.47 Å². The molecule has 1 fully saturated rings. The Morgan fingerprint density at radius 3 is 2.88 bits per heavy atom. The summed E-state index contributed by atoms with van der Waals surface area (Å²) >= 11 is 1.66. The molecule has 1 saturated heterocycles. The predicted molar refractivity (Wildman–Crippen MR) is 125 cm³/mol. The summed E-state index contributed by atoms with van der Waals surface area (Å²) in [5.41, 5.74) is 3.25. The molecule has 1 aromatic carbocycles. The fraction of sp³-hybridized carbons (Fsp3) is 0.385. The number of hydrogen-bond donors (Lipinski definition) is 2. The number of carbonyl (C=O) groups is 2. The third kappa shape index (κ3) is 4.35. The first-order chi connectivity index (χ1) is 16.0. The number of phenols is 1. The molecule has 7 heteroatoms. The van der Waals surface area contributed by atoms with E-state index in [9.17, 15) is 14.7 Å². The van der Waals surface area contributed by atoms with Crippen LogP contribution in [0.25, 0.3) is 0 Å². The number of thiophene rings is 1.